The molecule has 5 heteroatoms. The van der Waals surface area contributed by atoms with Crippen molar-refractivity contribution in [1.82, 2.24) is 4.90 Å². The predicted molar refractivity (Wildman–Crippen MR) is 86.0 cm³/mol. The van der Waals surface area contributed by atoms with Gasteiger partial charge in [0.2, 0.25) is 11.8 Å². The minimum absolute atomic E-state index is 0.0739. The lowest BCUT2D eigenvalue weighted by molar-refractivity contribution is -0.128. The second-order valence-corrected chi connectivity index (χ2v) is 5.79. The van der Waals surface area contributed by atoms with Crippen molar-refractivity contribution < 1.29 is 14.3 Å². The molecule has 22 heavy (non-hydrogen) atoms. The first-order valence-electron chi connectivity index (χ1n) is 7.78. The largest absolute Gasteiger partial charge is 0.495 e. The standard InChI is InChI=1S/C17H24N2O3/c1-4-5-8-19-11-13(10-16(19)20)17(21)18-14-9-12(2)6-7-15(14)22-3/h6-7,9,13H,4-5,8,10-11H2,1-3H3,(H,18,21). The highest BCUT2D eigenvalue weighted by Gasteiger charge is 2.34. The van der Waals surface area contributed by atoms with E-state index in [2.05, 4.69) is 12.2 Å². The van der Waals surface area contributed by atoms with Crippen molar-refractivity contribution >= 4 is 17.5 Å². The average Bonchev–Trinajstić information content (AvgIpc) is 2.86. The van der Waals surface area contributed by atoms with Crippen molar-refractivity contribution in [3.63, 3.8) is 0 Å². The fraction of sp³-hybridized carbons (Fsp3) is 0.529. The van der Waals surface area contributed by atoms with Crippen LogP contribution in [0, 0.1) is 12.8 Å². The number of nitrogens with one attached hydrogen (secondary N) is 1. The molecule has 0 radical (unpaired) electrons. The van der Waals surface area contributed by atoms with Gasteiger partial charge in [0, 0.05) is 19.5 Å². The van der Waals surface area contributed by atoms with Crippen LogP contribution in [-0.4, -0.2) is 36.9 Å². The Kier molecular flexibility index (Phi) is 5.41. The van der Waals surface area contributed by atoms with Crippen molar-refractivity contribution in [3.05, 3.63) is 23.8 Å². The second kappa shape index (κ2) is 7.29. The summed E-state index contributed by atoms with van der Waals surface area (Å²) in [4.78, 5) is 26.2. The molecule has 2 rings (SSSR count). The highest BCUT2D eigenvalue weighted by atomic mass is 16.5. The first-order chi connectivity index (χ1) is 10.5. The molecule has 1 aromatic carbocycles. The van der Waals surface area contributed by atoms with E-state index in [1.54, 1.807) is 12.0 Å². The third kappa shape index (κ3) is 3.78. The van der Waals surface area contributed by atoms with Gasteiger partial charge in [-0.25, -0.2) is 0 Å². The number of methoxy groups -OCH3 is 1. The van der Waals surface area contributed by atoms with Crippen LogP contribution in [0.15, 0.2) is 18.2 Å². The van der Waals surface area contributed by atoms with E-state index < -0.39 is 0 Å². The van der Waals surface area contributed by atoms with Crippen LogP contribution in [0.3, 0.4) is 0 Å². The molecule has 1 unspecified atom stereocenters. The van der Waals surface area contributed by atoms with Crippen LogP contribution >= 0.6 is 0 Å². The fourth-order valence-electron chi connectivity index (χ4n) is 2.67. The van der Waals surface area contributed by atoms with Crippen LogP contribution in [0.4, 0.5) is 5.69 Å². The van der Waals surface area contributed by atoms with E-state index in [0.717, 1.165) is 24.9 Å². The van der Waals surface area contributed by atoms with Gasteiger partial charge in [-0.3, -0.25) is 9.59 Å². The summed E-state index contributed by atoms with van der Waals surface area (Å²) in [6.07, 6.45) is 2.32. The molecule has 1 N–H and O–H groups in total. The number of aryl methyl sites for hydroxylation is 1. The number of nitrogens with zero attached hydrogens (tertiary/aromatic N) is 1. The van der Waals surface area contributed by atoms with Crippen LogP contribution in [0.2, 0.25) is 0 Å². The molecule has 0 spiro atoms. The molecule has 120 valence electrons. The van der Waals surface area contributed by atoms with E-state index in [-0.39, 0.29) is 17.7 Å². The molecule has 1 atom stereocenters. The summed E-state index contributed by atoms with van der Waals surface area (Å²) in [5, 5.41) is 2.90. The molecule has 0 bridgehead atoms. The molecule has 1 aliphatic heterocycles. The Bertz CT molecular complexity index is 557. The average molecular weight is 304 g/mol. The molecule has 0 saturated carbocycles. The van der Waals surface area contributed by atoms with Gasteiger partial charge in [0.25, 0.3) is 0 Å². The van der Waals surface area contributed by atoms with Gasteiger partial charge in [0.15, 0.2) is 0 Å². The smallest absolute Gasteiger partial charge is 0.229 e. The van der Waals surface area contributed by atoms with Crippen LogP contribution in [0.25, 0.3) is 0 Å². The van der Waals surface area contributed by atoms with Crippen LogP contribution in [-0.2, 0) is 9.59 Å². The molecule has 1 heterocycles. The number of ether oxygens (including phenoxy) is 1. The summed E-state index contributed by atoms with van der Waals surface area (Å²) < 4.78 is 5.27. The minimum Gasteiger partial charge on any atom is -0.495 e. The van der Waals surface area contributed by atoms with E-state index in [1.807, 2.05) is 25.1 Å². The summed E-state index contributed by atoms with van der Waals surface area (Å²) in [6.45, 7) is 5.31. The first kappa shape index (κ1) is 16.3. The third-order valence-electron chi connectivity index (χ3n) is 3.98. The summed E-state index contributed by atoms with van der Waals surface area (Å²) in [6, 6.07) is 5.64. The van der Waals surface area contributed by atoms with Gasteiger partial charge in [0.05, 0.1) is 18.7 Å². The van der Waals surface area contributed by atoms with Crippen LogP contribution in [0.5, 0.6) is 5.75 Å². The number of amides is 2. The SMILES string of the molecule is CCCCN1CC(C(=O)Nc2cc(C)ccc2OC)CC1=O. The number of unbranched alkanes of at least 4 members (excludes halogenated alkanes) is 1. The monoisotopic (exact) mass is 304 g/mol. The number of carbonyl (C=O) groups is 2. The number of hydrogen-bond donors (Lipinski definition) is 1. The Labute approximate surface area is 131 Å². The fourth-order valence-corrected chi connectivity index (χ4v) is 2.67. The number of likely N-dealkylation sites (tertiary alicyclic amines) is 1. The van der Waals surface area contributed by atoms with Gasteiger partial charge in [0.1, 0.15) is 5.75 Å². The van der Waals surface area contributed by atoms with E-state index in [4.69, 9.17) is 4.74 Å². The second-order valence-electron chi connectivity index (χ2n) is 5.79. The zero-order chi connectivity index (χ0) is 16.1. The minimum atomic E-state index is -0.283. The Balaban J connectivity index is 2.01. The predicted octanol–water partition coefficient (Wildman–Crippen LogP) is 2.59. The van der Waals surface area contributed by atoms with Crippen molar-refractivity contribution in [1.29, 1.82) is 0 Å². The quantitative estimate of drug-likeness (QED) is 0.879. The Morgan fingerprint density at radius 2 is 2.23 bits per heavy atom. The normalized spacial score (nSPS) is 17.7. The lowest BCUT2D eigenvalue weighted by Gasteiger charge is -2.16. The van der Waals surface area contributed by atoms with Gasteiger partial charge in [-0.2, -0.15) is 0 Å². The van der Waals surface area contributed by atoms with Crippen LogP contribution < -0.4 is 10.1 Å². The summed E-state index contributed by atoms with van der Waals surface area (Å²) in [5.74, 6) is 0.307. The van der Waals surface area contributed by atoms with E-state index >= 15 is 0 Å². The number of rotatable bonds is 6. The van der Waals surface area contributed by atoms with E-state index in [1.165, 1.54) is 0 Å². The molecule has 1 saturated heterocycles. The summed E-state index contributed by atoms with van der Waals surface area (Å²) in [7, 11) is 1.58. The number of carbonyl (C=O) groups excluding carboxylic acids is 2. The molecule has 0 aromatic heterocycles. The van der Waals surface area contributed by atoms with E-state index in [0.29, 0.717) is 24.4 Å². The zero-order valence-electron chi connectivity index (χ0n) is 13.5. The van der Waals surface area contributed by atoms with Crippen molar-refractivity contribution in [2.24, 2.45) is 5.92 Å². The van der Waals surface area contributed by atoms with Crippen molar-refractivity contribution in [2.45, 2.75) is 33.1 Å². The maximum atomic E-state index is 12.4. The van der Waals surface area contributed by atoms with Gasteiger partial charge in [-0.05, 0) is 31.0 Å². The molecule has 2 amide bonds. The van der Waals surface area contributed by atoms with Crippen molar-refractivity contribution in [2.75, 3.05) is 25.5 Å². The Morgan fingerprint density at radius 1 is 1.45 bits per heavy atom. The lowest BCUT2D eigenvalue weighted by Crippen LogP contribution is -2.29. The van der Waals surface area contributed by atoms with Gasteiger partial charge < -0.3 is 15.0 Å². The molecule has 1 aliphatic rings. The number of hydrogen-bond acceptors (Lipinski definition) is 3. The van der Waals surface area contributed by atoms with E-state index in [9.17, 15) is 9.59 Å². The Hall–Kier alpha value is -2.04. The highest BCUT2D eigenvalue weighted by molar-refractivity contribution is 5.98. The molecule has 1 aromatic rings. The third-order valence-corrected chi connectivity index (χ3v) is 3.98. The topological polar surface area (TPSA) is 58.6 Å². The summed E-state index contributed by atoms with van der Waals surface area (Å²) >= 11 is 0. The van der Waals surface area contributed by atoms with Crippen LogP contribution in [0.1, 0.15) is 31.7 Å². The molecule has 0 aliphatic carbocycles. The zero-order valence-corrected chi connectivity index (χ0v) is 13.5. The molecule has 5 nitrogen and oxygen atoms in total. The number of anilines is 1. The Morgan fingerprint density at radius 3 is 2.91 bits per heavy atom. The highest BCUT2D eigenvalue weighted by Crippen LogP contribution is 2.27. The van der Waals surface area contributed by atoms with Crippen molar-refractivity contribution in [3.8, 4) is 5.75 Å². The van der Waals surface area contributed by atoms with Gasteiger partial charge in [-0.1, -0.05) is 19.4 Å². The maximum Gasteiger partial charge on any atom is 0.229 e. The number of benzene rings is 1. The summed E-state index contributed by atoms with van der Waals surface area (Å²) in [5.41, 5.74) is 1.70. The maximum absolute atomic E-state index is 12.4. The van der Waals surface area contributed by atoms with Gasteiger partial charge >= 0.3 is 0 Å². The molecular formula is C17H24N2O3. The van der Waals surface area contributed by atoms with Gasteiger partial charge in [-0.15, -0.1) is 0 Å². The lowest BCUT2D eigenvalue weighted by atomic mass is 10.1. The molecular weight excluding hydrogens is 280 g/mol. The molecule has 1 fully saturated rings. The first-order valence-corrected chi connectivity index (χ1v) is 7.78.